The molecule has 0 aliphatic carbocycles. The highest BCUT2D eigenvalue weighted by Crippen LogP contribution is 2.34. The van der Waals surface area contributed by atoms with Crippen LogP contribution >= 0.6 is 11.3 Å². The number of hydrogen-bond acceptors (Lipinski definition) is 11. The van der Waals surface area contributed by atoms with Gasteiger partial charge in [0.1, 0.15) is 9.88 Å². The van der Waals surface area contributed by atoms with Crippen molar-refractivity contribution in [2.45, 2.75) is 33.9 Å². The number of anilines is 1. The van der Waals surface area contributed by atoms with Crippen molar-refractivity contribution in [3.8, 4) is 0 Å². The van der Waals surface area contributed by atoms with Crippen molar-refractivity contribution >= 4 is 40.1 Å². The minimum absolute atomic E-state index is 0.00577. The first-order valence-corrected chi connectivity index (χ1v) is 10.9. The molecule has 0 radical (unpaired) electrons. The van der Waals surface area contributed by atoms with Crippen LogP contribution in [-0.2, 0) is 16.1 Å². The van der Waals surface area contributed by atoms with Crippen LogP contribution in [0.4, 0.5) is 10.9 Å². The summed E-state index contributed by atoms with van der Waals surface area (Å²) in [5.41, 5.74) is 0.425. The summed E-state index contributed by atoms with van der Waals surface area (Å²) in [4.78, 5) is 51.4. The molecule has 0 aliphatic heterocycles. The van der Waals surface area contributed by atoms with E-state index in [9.17, 15) is 24.5 Å². The van der Waals surface area contributed by atoms with Crippen molar-refractivity contribution in [3.05, 3.63) is 50.4 Å². The predicted octanol–water partition coefficient (Wildman–Crippen LogP) is 2.25. The Hall–Kier alpha value is -4.14. The molecule has 3 heterocycles. The average molecular weight is 491 g/mol. The Balaban J connectivity index is 1.81. The zero-order valence-corrected chi connectivity index (χ0v) is 19.3. The molecule has 0 aliphatic rings. The molecule has 3 rings (SSSR count). The first-order chi connectivity index (χ1) is 16.2. The van der Waals surface area contributed by atoms with Gasteiger partial charge in [0.2, 0.25) is 6.33 Å². The van der Waals surface area contributed by atoms with Crippen molar-refractivity contribution in [2.24, 2.45) is 0 Å². The SMILES string of the molecule is CCCOC(=O)c1c(NC(=O)c2ccn(Cn3cnc([N+](=O)[O-])n3)n2)sc(C(=O)OCC)c1C. The molecule has 180 valence electrons. The fourth-order valence-corrected chi connectivity index (χ4v) is 3.90. The van der Waals surface area contributed by atoms with E-state index < -0.39 is 28.7 Å². The van der Waals surface area contributed by atoms with Crippen LogP contribution in [0.1, 0.15) is 56.3 Å². The van der Waals surface area contributed by atoms with Crippen molar-refractivity contribution in [3.63, 3.8) is 0 Å². The van der Waals surface area contributed by atoms with Crippen LogP contribution in [0.15, 0.2) is 18.6 Å². The largest absolute Gasteiger partial charge is 0.491 e. The summed E-state index contributed by atoms with van der Waals surface area (Å²) in [6.45, 7) is 5.39. The monoisotopic (exact) mass is 491 g/mol. The third kappa shape index (κ3) is 5.43. The number of ether oxygens (including phenoxy) is 2. The van der Waals surface area contributed by atoms with Gasteiger partial charge < -0.3 is 24.9 Å². The maximum atomic E-state index is 12.8. The predicted molar refractivity (Wildman–Crippen MR) is 118 cm³/mol. The third-order valence-electron chi connectivity index (χ3n) is 4.33. The van der Waals surface area contributed by atoms with E-state index in [-0.39, 0.29) is 41.0 Å². The van der Waals surface area contributed by atoms with Gasteiger partial charge in [0.05, 0.1) is 18.8 Å². The standard InChI is InChI=1S/C19H21N7O7S/c1-4-8-33-17(28)13-11(3)14(18(29)32-5-2)34-16(13)21-15(27)12-6-7-24(22-12)10-25-9-20-19(23-25)26(30)31/h6-7,9H,4-5,8,10H2,1-3H3,(H,21,27). The fourth-order valence-electron chi connectivity index (χ4n) is 2.82. The lowest BCUT2D eigenvalue weighted by Crippen LogP contribution is -2.17. The summed E-state index contributed by atoms with van der Waals surface area (Å²) in [6.07, 6.45) is 3.25. The lowest BCUT2D eigenvalue weighted by molar-refractivity contribution is -0.394. The zero-order valence-electron chi connectivity index (χ0n) is 18.5. The quantitative estimate of drug-likeness (QED) is 0.252. The minimum atomic E-state index is -0.727. The molecule has 0 spiro atoms. The molecule has 3 aromatic heterocycles. The van der Waals surface area contributed by atoms with Crippen LogP contribution in [0.25, 0.3) is 0 Å². The van der Waals surface area contributed by atoms with E-state index in [0.29, 0.717) is 12.0 Å². The molecule has 0 saturated heterocycles. The smallest absolute Gasteiger partial charge is 0.462 e. The van der Waals surface area contributed by atoms with Gasteiger partial charge >= 0.3 is 17.9 Å². The minimum Gasteiger partial charge on any atom is -0.462 e. The number of esters is 2. The molecule has 34 heavy (non-hydrogen) atoms. The van der Waals surface area contributed by atoms with Crippen LogP contribution in [0.3, 0.4) is 0 Å². The second-order valence-corrected chi connectivity index (χ2v) is 7.81. The number of rotatable bonds is 10. The molecule has 0 saturated carbocycles. The summed E-state index contributed by atoms with van der Waals surface area (Å²) < 4.78 is 12.8. The van der Waals surface area contributed by atoms with Gasteiger partial charge in [-0.05, 0) is 36.8 Å². The lowest BCUT2D eigenvalue weighted by Gasteiger charge is -2.07. The second-order valence-electron chi connectivity index (χ2n) is 6.79. The number of carbonyl (C=O) groups excluding carboxylic acids is 3. The second kappa shape index (κ2) is 10.7. The van der Waals surface area contributed by atoms with Crippen LogP contribution < -0.4 is 5.32 Å². The fraction of sp³-hybridized carbons (Fsp3) is 0.368. The summed E-state index contributed by atoms with van der Waals surface area (Å²) in [6, 6.07) is 1.42. The van der Waals surface area contributed by atoms with E-state index in [2.05, 4.69) is 20.5 Å². The Bertz CT molecular complexity index is 1230. The van der Waals surface area contributed by atoms with E-state index in [0.717, 1.165) is 11.3 Å². The molecule has 14 nitrogen and oxygen atoms in total. The molecular formula is C19H21N7O7S. The van der Waals surface area contributed by atoms with Crippen molar-refractivity contribution in [2.75, 3.05) is 18.5 Å². The molecule has 0 unspecified atom stereocenters. The lowest BCUT2D eigenvalue weighted by atomic mass is 10.1. The third-order valence-corrected chi connectivity index (χ3v) is 5.51. The molecule has 0 atom stereocenters. The van der Waals surface area contributed by atoms with Gasteiger partial charge in [-0.2, -0.15) is 9.78 Å². The Labute approximate surface area is 196 Å². The molecule has 0 aromatic carbocycles. The number of thiophene rings is 1. The van der Waals surface area contributed by atoms with Crippen LogP contribution in [0.2, 0.25) is 0 Å². The molecule has 3 aromatic rings. The van der Waals surface area contributed by atoms with E-state index in [1.165, 1.54) is 28.0 Å². The van der Waals surface area contributed by atoms with Crippen molar-refractivity contribution in [1.29, 1.82) is 0 Å². The maximum Gasteiger partial charge on any atom is 0.491 e. The van der Waals surface area contributed by atoms with Crippen LogP contribution in [0.5, 0.6) is 0 Å². The Kier molecular flexibility index (Phi) is 7.68. The van der Waals surface area contributed by atoms with Crippen molar-refractivity contribution in [1.82, 2.24) is 24.5 Å². The summed E-state index contributed by atoms with van der Waals surface area (Å²) in [5, 5.41) is 21.2. The Morgan fingerprint density at radius 1 is 1.18 bits per heavy atom. The van der Waals surface area contributed by atoms with Gasteiger partial charge in [-0.3, -0.25) is 4.79 Å². The Morgan fingerprint density at radius 3 is 2.59 bits per heavy atom. The summed E-state index contributed by atoms with van der Waals surface area (Å²) in [5.74, 6) is -2.47. The Morgan fingerprint density at radius 2 is 1.94 bits per heavy atom. The van der Waals surface area contributed by atoms with Crippen LogP contribution in [-0.4, -0.2) is 60.5 Å². The van der Waals surface area contributed by atoms with E-state index in [1.54, 1.807) is 13.8 Å². The maximum absolute atomic E-state index is 12.8. The summed E-state index contributed by atoms with van der Waals surface area (Å²) >= 11 is 0.906. The van der Waals surface area contributed by atoms with Gasteiger partial charge in [0, 0.05) is 11.3 Å². The molecule has 15 heteroatoms. The van der Waals surface area contributed by atoms with Crippen LogP contribution in [0, 0.1) is 17.0 Å². The topological polar surface area (TPSA) is 173 Å². The van der Waals surface area contributed by atoms with E-state index >= 15 is 0 Å². The number of aromatic nitrogens is 5. The van der Waals surface area contributed by atoms with Gasteiger partial charge in [0.25, 0.3) is 5.91 Å². The number of carbonyl (C=O) groups is 3. The van der Waals surface area contributed by atoms with Gasteiger partial charge in [-0.25, -0.2) is 14.3 Å². The highest BCUT2D eigenvalue weighted by molar-refractivity contribution is 7.18. The van der Waals surface area contributed by atoms with Crippen molar-refractivity contribution < 1.29 is 28.8 Å². The highest BCUT2D eigenvalue weighted by Gasteiger charge is 2.28. The first-order valence-electron chi connectivity index (χ1n) is 10.1. The van der Waals surface area contributed by atoms with E-state index in [4.69, 9.17) is 9.47 Å². The number of nitro groups is 1. The van der Waals surface area contributed by atoms with Gasteiger partial charge in [0.15, 0.2) is 12.4 Å². The number of nitrogens with one attached hydrogen (secondary N) is 1. The first kappa shape index (κ1) is 24.5. The van der Waals surface area contributed by atoms with Gasteiger partial charge in [-0.15, -0.1) is 11.3 Å². The van der Waals surface area contributed by atoms with Gasteiger partial charge in [-0.1, -0.05) is 11.9 Å². The molecule has 1 amide bonds. The molecule has 1 N–H and O–H groups in total. The zero-order chi connectivity index (χ0) is 24.8. The highest BCUT2D eigenvalue weighted by atomic mass is 32.1. The average Bonchev–Trinajstić information content (AvgIpc) is 3.52. The van der Waals surface area contributed by atoms with E-state index in [1.807, 2.05) is 6.92 Å². The number of amides is 1. The number of nitrogens with zero attached hydrogens (tertiary/aromatic N) is 6. The summed E-state index contributed by atoms with van der Waals surface area (Å²) in [7, 11) is 0. The normalized spacial score (nSPS) is 10.7. The molecular weight excluding hydrogens is 470 g/mol. The molecule has 0 bridgehead atoms. The molecule has 0 fully saturated rings. The number of hydrogen-bond donors (Lipinski definition) is 1.